The number of hydrogen-bond acceptors (Lipinski definition) is 3. The Morgan fingerprint density at radius 3 is 2.39 bits per heavy atom. The van der Waals surface area contributed by atoms with Crippen LogP contribution in [0, 0.1) is 13.8 Å². The van der Waals surface area contributed by atoms with Gasteiger partial charge in [-0.1, -0.05) is 30.3 Å². The highest BCUT2D eigenvalue weighted by molar-refractivity contribution is 5.96. The highest BCUT2D eigenvalue weighted by atomic mass is 19.4. The van der Waals surface area contributed by atoms with Gasteiger partial charge in [0.2, 0.25) is 0 Å². The van der Waals surface area contributed by atoms with E-state index in [-0.39, 0.29) is 11.9 Å². The van der Waals surface area contributed by atoms with Crippen molar-refractivity contribution in [1.29, 1.82) is 0 Å². The lowest BCUT2D eigenvalue weighted by Gasteiger charge is -2.33. The molecule has 4 rings (SSSR count). The van der Waals surface area contributed by atoms with E-state index >= 15 is 0 Å². The average molecular weight is 457 g/mol. The minimum absolute atomic E-state index is 0.0142. The van der Waals surface area contributed by atoms with Gasteiger partial charge in [0.15, 0.2) is 0 Å². The third-order valence-electron chi connectivity index (χ3n) is 6.23. The van der Waals surface area contributed by atoms with E-state index in [1.165, 1.54) is 11.6 Å². The van der Waals surface area contributed by atoms with Gasteiger partial charge in [-0.15, -0.1) is 0 Å². The van der Waals surface area contributed by atoms with Crippen molar-refractivity contribution in [1.82, 2.24) is 14.9 Å². The zero-order valence-corrected chi connectivity index (χ0v) is 18.7. The van der Waals surface area contributed by atoms with E-state index in [0.29, 0.717) is 43.9 Å². The SMILES string of the molecule is Cc1cc(C(=O)NC2CCN(c3ccc(C(F)(F)F)cn3)CC2)c(C)n1Cc1ccccc1. The maximum absolute atomic E-state index is 13.0. The van der Waals surface area contributed by atoms with Crippen LogP contribution >= 0.6 is 0 Å². The molecular weight excluding hydrogens is 429 g/mol. The molecule has 2 aromatic heterocycles. The molecule has 5 nitrogen and oxygen atoms in total. The summed E-state index contributed by atoms with van der Waals surface area (Å²) >= 11 is 0. The number of hydrogen-bond donors (Lipinski definition) is 1. The Balaban J connectivity index is 1.35. The number of rotatable bonds is 5. The third kappa shape index (κ3) is 5.21. The van der Waals surface area contributed by atoms with Crippen LogP contribution in [0.4, 0.5) is 19.0 Å². The van der Waals surface area contributed by atoms with Gasteiger partial charge in [0.25, 0.3) is 5.91 Å². The van der Waals surface area contributed by atoms with Crippen LogP contribution in [0.1, 0.15) is 45.7 Å². The number of nitrogens with zero attached hydrogens (tertiary/aromatic N) is 3. The molecule has 3 heterocycles. The summed E-state index contributed by atoms with van der Waals surface area (Å²) in [4.78, 5) is 18.9. The number of pyridine rings is 1. The van der Waals surface area contributed by atoms with Crippen molar-refractivity contribution in [2.24, 2.45) is 0 Å². The molecule has 3 aromatic rings. The average Bonchev–Trinajstić information content (AvgIpc) is 3.08. The molecule has 1 aliphatic heterocycles. The molecule has 0 saturated carbocycles. The first kappa shape index (κ1) is 22.9. The summed E-state index contributed by atoms with van der Waals surface area (Å²) in [5.41, 5.74) is 3.06. The van der Waals surface area contributed by atoms with Crippen molar-refractivity contribution in [3.05, 3.63) is 82.8 Å². The number of halogens is 3. The number of piperidine rings is 1. The zero-order chi connectivity index (χ0) is 23.6. The Morgan fingerprint density at radius 2 is 1.79 bits per heavy atom. The van der Waals surface area contributed by atoms with Gasteiger partial charge in [-0.05, 0) is 50.5 Å². The lowest BCUT2D eigenvalue weighted by atomic mass is 10.0. The molecule has 0 radical (unpaired) electrons. The summed E-state index contributed by atoms with van der Waals surface area (Å²) in [6.07, 6.45) is -2.11. The molecule has 1 saturated heterocycles. The number of carbonyl (C=O) groups is 1. The standard InChI is InChI=1S/C25H27F3N4O/c1-17-14-22(18(2)32(17)16-19-6-4-3-5-7-19)24(33)30-21-10-12-31(13-11-21)23-9-8-20(15-29-23)25(26,27)28/h3-9,14-15,21H,10-13,16H2,1-2H3,(H,30,33). The van der Waals surface area contributed by atoms with Gasteiger partial charge >= 0.3 is 6.18 Å². The lowest BCUT2D eigenvalue weighted by molar-refractivity contribution is -0.137. The Kier molecular flexibility index (Phi) is 6.44. The van der Waals surface area contributed by atoms with Crippen molar-refractivity contribution < 1.29 is 18.0 Å². The van der Waals surface area contributed by atoms with Crippen LogP contribution in [0.2, 0.25) is 0 Å². The molecule has 0 atom stereocenters. The van der Waals surface area contributed by atoms with E-state index in [0.717, 1.165) is 23.7 Å². The first-order chi connectivity index (χ1) is 15.7. The summed E-state index contributed by atoms with van der Waals surface area (Å²) in [6, 6.07) is 14.5. The molecule has 0 bridgehead atoms. The molecule has 1 aromatic carbocycles. The van der Waals surface area contributed by atoms with E-state index in [2.05, 4.69) is 27.0 Å². The van der Waals surface area contributed by atoms with Crippen molar-refractivity contribution >= 4 is 11.7 Å². The van der Waals surface area contributed by atoms with Crippen molar-refractivity contribution in [2.75, 3.05) is 18.0 Å². The van der Waals surface area contributed by atoms with E-state index in [9.17, 15) is 18.0 Å². The maximum atomic E-state index is 13.0. The molecule has 1 aliphatic rings. The number of nitrogens with one attached hydrogen (secondary N) is 1. The number of aryl methyl sites for hydroxylation is 1. The number of anilines is 1. The number of amides is 1. The molecular formula is C25H27F3N4O. The first-order valence-electron chi connectivity index (χ1n) is 11.0. The van der Waals surface area contributed by atoms with Gasteiger partial charge < -0.3 is 14.8 Å². The predicted octanol–water partition coefficient (Wildman–Crippen LogP) is 4.97. The van der Waals surface area contributed by atoms with Gasteiger partial charge in [-0.25, -0.2) is 4.98 Å². The number of benzene rings is 1. The highest BCUT2D eigenvalue weighted by Crippen LogP contribution is 2.30. The van der Waals surface area contributed by atoms with Gasteiger partial charge in [-0.3, -0.25) is 4.79 Å². The summed E-state index contributed by atoms with van der Waals surface area (Å²) in [5.74, 6) is 0.436. The van der Waals surface area contributed by atoms with Crippen LogP contribution in [-0.2, 0) is 12.7 Å². The van der Waals surface area contributed by atoms with E-state index < -0.39 is 11.7 Å². The quantitative estimate of drug-likeness (QED) is 0.590. The summed E-state index contributed by atoms with van der Waals surface area (Å²) in [7, 11) is 0. The first-order valence-corrected chi connectivity index (χ1v) is 11.0. The van der Waals surface area contributed by atoms with Crippen LogP contribution in [0.25, 0.3) is 0 Å². The number of aromatic nitrogens is 2. The smallest absolute Gasteiger partial charge is 0.356 e. The van der Waals surface area contributed by atoms with Crippen LogP contribution in [0.3, 0.4) is 0 Å². The number of carbonyl (C=O) groups excluding carboxylic acids is 1. The molecule has 33 heavy (non-hydrogen) atoms. The van der Waals surface area contributed by atoms with Crippen molar-refractivity contribution in [2.45, 2.75) is 45.5 Å². The second-order valence-corrected chi connectivity index (χ2v) is 8.49. The number of alkyl halides is 3. The molecule has 174 valence electrons. The molecule has 1 fully saturated rings. The molecule has 0 spiro atoms. The Hall–Kier alpha value is -3.29. The summed E-state index contributed by atoms with van der Waals surface area (Å²) in [6.45, 7) is 5.92. The normalized spacial score (nSPS) is 15.0. The fourth-order valence-corrected chi connectivity index (χ4v) is 4.30. The van der Waals surface area contributed by atoms with Crippen LogP contribution in [-0.4, -0.2) is 34.6 Å². The zero-order valence-electron chi connectivity index (χ0n) is 18.7. The van der Waals surface area contributed by atoms with Crippen molar-refractivity contribution in [3.63, 3.8) is 0 Å². The van der Waals surface area contributed by atoms with Crippen LogP contribution in [0.15, 0.2) is 54.7 Å². The lowest BCUT2D eigenvalue weighted by Crippen LogP contribution is -2.45. The summed E-state index contributed by atoms with van der Waals surface area (Å²) in [5, 5.41) is 3.13. The molecule has 1 amide bonds. The summed E-state index contributed by atoms with van der Waals surface area (Å²) < 4.78 is 40.4. The maximum Gasteiger partial charge on any atom is 0.417 e. The van der Waals surface area contributed by atoms with E-state index in [4.69, 9.17) is 0 Å². The highest BCUT2D eigenvalue weighted by Gasteiger charge is 2.31. The van der Waals surface area contributed by atoms with E-state index in [1.807, 2.05) is 43.0 Å². The minimum atomic E-state index is -4.39. The van der Waals surface area contributed by atoms with Crippen molar-refractivity contribution in [3.8, 4) is 0 Å². The molecule has 8 heteroatoms. The topological polar surface area (TPSA) is 50.2 Å². The molecule has 0 unspecified atom stereocenters. The predicted molar refractivity (Wildman–Crippen MR) is 121 cm³/mol. The fourth-order valence-electron chi connectivity index (χ4n) is 4.30. The van der Waals surface area contributed by atoms with Gasteiger partial charge in [0.05, 0.1) is 11.1 Å². The van der Waals surface area contributed by atoms with Gasteiger partial charge in [0, 0.05) is 43.3 Å². The monoisotopic (exact) mass is 456 g/mol. The Morgan fingerprint density at radius 1 is 1.09 bits per heavy atom. The largest absolute Gasteiger partial charge is 0.417 e. The van der Waals surface area contributed by atoms with Crippen LogP contribution < -0.4 is 10.2 Å². The molecule has 1 N–H and O–H groups in total. The Labute approximate surface area is 191 Å². The van der Waals surface area contributed by atoms with Crippen LogP contribution in [0.5, 0.6) is 0 Å². The third-order valence-corrected chi connectivity index (χ3v) is 6.23. The second-order valence-electron chi connectivity index (χ2n) is 8.49. The Bertz CT molecular complexity index is 1100. The van der Waals surface area contributed by atoms with Gasteiger partial charge in [-0.2, -0.15) is 13.2 Å². The fraction of sp³-hybridized carbons (Fsp3) is 0.360. The minimum Gasteiger partial charge on any atom is -0.356 e. The van der Waals surface area contributed by atoms with E-state index in [1.54, 1.807) is 0 Å². The second kappa shape index (κ2) is 9.29. The molecule has 0 aliphatic carbocycles. The van der Waals surface area contributed by atoms with Gasteiger partial charge in [0.1, 0.15) is 5.82 Å².